The summed E-state index contributed by atoms with van der Waals surface area (Å²) < 4.78 is 0. The Balaban J connectivity index is 2.00. The van der Waals surface area contributed by atoms with Crippen LogP contribution in [0.15, 0.2) is 24.4 Å². The minimum Gasteiger partial charge on any atom is -0.391 e. The van der Waals surface area contributed by atoms with Gasteiger partial charge in [-0.05, 0) is 37.4 Å². The summed E-state index contributed by atoms with van der Waals surface area (Å²) in [4.78, 5) is 6.55. The number of hydrogen-bond acceptors (Lipinski definition) is 3. The summed E-state index contributed by atoms with van der Waals surface area (Å²) in [6.45, 7) is 5.09. The quantitative estimate of drug-likeness (QED) is 0.869. The van der Waals surface area contributed by atoms with Gasteiger partial charge in [-0.3, -0.25) is 9.88 Å². The highest BCUT2D eigenvalue weighted by Crippen LogP contribution is 2.39. The van der Waals surface area contributed by atoms with Gasteiger partial charge in [0.1, 0.15) is 0 Å². The van der Waals surface area contributed by atoms with Crippen LogP contribution in [0.2, 0.25) is 0 Å². The SMILES string of the molecule is CN(Cc1ccccn1)C1CCC(C)(C)C1O. The molecule has 1 N–H and O–H groups in total. The van der Waals surface area contributed by atoms with E-state index in [0.717, 1.165) is 25.1 Å². The molecule has 3 heteroatoms. The summed E-state index contributed by atoms with van der Waals surface area (Å²) in [5.74, 6) is 0. The van der Waals surface area contributed by atoms with Gasteiger partial charge in [-0.1, -0.05) is 19.9 Å². The second-order valence-corrected chi connectivity index (χ2v) is 5.78. The maximum absolute atomic E-state index is 10.3. The van der Waals surface area contributed by atoms with Crippen LogP contribution in [-0.4, -0.2) is 34.2 Å². The van der Waals surface area contributed by atoms with Crippen LogP contribution in [0.1, 0.15) is 32.4 Å². The van der Waals surface area contributed by atoms with Crippen molar-refractivity contribution in [2.45, 2.75) is 45.4 Å². The van der Waals surface area contributed by atoms with E-state index in [1.54, 1.807) is 0 Å². The second-order valence-electron chi connectivity index (χ2n) is 5.78. The average Bonchev–Trinajstić information content (AvgIpc) is 2.56. The predicted molar refractivity (Wildman–Crippen MR) is 68.5 cm³/mol. The molecule has 3 nitrogen and oxygen atoms in total. The van der Waals surface area contributed by atoms with Gasteiger partial charge in [0.05, 0.1) is 11.8 Å². The van der Waals surface area contributed by atoms with Gasteiger partial charge in [0.25, 0.3) is 0 Å². The molecule has 1 heterocycles. The zero-order valence-corrected chi connectivity index (χ0v) is 10.9. The van der Waals surface area contributed by atoms with Crippen LogP contribution in [0.3, 0.4) is 0 Å². The van der Waals surface area contributed by atoms with Crippen LogP contribution in [0.5, 0.6) is 0 Å². The molecule has 2 atom stereocenters. The van der Waals surface area contributed by atoms with E-state index in [2.05, 4.69) is 30.8 Å². The molecular formula is C14H22N2O. The minimum absolute atomic E-state index is 0.0447. The van der Waals surface area contributed by atoms with E-state index in [-0.39, 0.29) is 17.6 Å². The third-order valence-corrected chi connectivity index (χ3v) is 3.95. The molecule has 2 unspecified atom stereocenters. The number of pyridine rings is 1. The van der Waals surface area contributed by atoms with Gasteiger partial charge in [-0.15, -0.1) is 0 Å². The normalized spacial score (nSPS) is 27.6. The lowest BCUT2D eigenvalue weighted by Crippen LogP contribution is -2.41. The molecule has 2 rings (SSSR count). The van der Waals surface area contributed by atoms with Crippen molar-refractivity contribution in [1.29, 1.82) is 0 Å². The molecule has 1 aliphatic carbocycles. The first kappa shape index (κ1) is 12.5. The Morgan fingerprint density at radius 2 is 2.24 bits per heavy atom. The number of likely N-dealkylation sites (N-methyl/N-ethyl adjacent to an activating group) is 1. The van der Waals surface area contributed by atoms with Crippen molar-refractivity contribution in [3.05, 3.63) is 30.1 Å². The molecule has 17 heavy (non-hydrogen) atoms. The largest absolute Gasteiger partial charge is 0.391 e. The third-order valence-electron chi connectivity index (χ3n) is 3.95. The lowest BCUT2D eigenvalue weighted by molar-refractivity contribution is 0.0205. The first-order chi connectivity index (χ1) is 8.00. The van der Waals surface area contributed by atoms with E-state index in [1.165, 1.54) is 0 Å². The van der Waals surface area contributed by atoms with E-state index in [4.69, 9.17) is 0 Å². The molecule has 0 amide bonds. The summed E-state index contributed by atoms with van der Waals surface area (Å²) in [6, 6.07) is 6.22. The van der Waals surface area contributed by atoms with Gasteiger partial charge in [-0.2, -0.15) is 0 Å². The van der Waals surface area contributed by atoms with Gasteiger partial charge in [0.2, 0.25) is 0 Å². The zero-order chi connectivity index (χ0) is 12.5. The van der Waals surface area contributed by atoms with Crippen molar-refractivity contribution in [2.24, 2.45) is 5.41 Å². The molecule has 1 aromatic heterocycles. The van der Waals surface area contributed by atoms with E-state index in [0.29, 0.717) is 0 Å². The average molecular weight is 234 g/mol. The summed E-state index contributed by atoms with van der Waals surface area (Å²) in [7, 11) is 2.07. The maximum Gasteiger partial charge on any atom is 0.0746 e. The molecule has 1 aromatic rings. The summed E-state index contributed by atoms with van der Waals surface area (Å²) in [5.41, 5.74) is 1.11. The summed E-state index contributed by atoms with van der Waals surface area (Å²) in [6.07, 6.45) is 3.73. The number of aliphatic hydroxyl groups excluding tert-OH is 1. The molecule has 94 valence electrons. The molecule has 1 saturated carbocycles. The Hall–Kier alpha value is -0.930. The number of aromatic nitrogens is 1. The van der Waals surface area contributed by atoms with Crippen molar-refractivity contribution in [3.63, 3.8) is 0 Å². The van der Waals surface area contributed by atoms with Crippen LogP contribution >= 0.6 is 0 Å². The number of nitrogens with zero attached hydrogens (tertiary/aromatic N) is 2. The van der Waals surface area contributed by atoms with E-state index >= 15 is 0 Å². The van der Waals surface area contributed by atoms with Gasteiger partial charge in [-0.25, -0.2) is 0 Å². The lowest BCUT2D eigenvalue weighted by Gasteiger charge is -2.31. The molecule has 0 saturated heterocycles. The first-order valence-electron chi connectivity index (χ1n) is 6.29. The molecule has 0 aliphatic heterocycles. The lowest BCUT2D eigenvalue weighted by atomic mass is 9.88. The number of aliphatic hydroxyl groups is 1. The summed E-state index contributed by atoms with van der Waals surface area (Å²) in [5, 5.41) is 10.3. The highest BCUT2D eigenvalue weighted by atomic mass is 16.3. The van der Waals surface area contributed by atoms with Crippen LogP contribution < -0.4 is 0 Å². The van der Waals surface area contributed by atoms with Crippen molar-refractivity contribution < 1.29 is 5.11 Å². The molecular weight excluding hydrogens is 212 g/mol. The van der Waals surface area contributed by atoms with Crippen molar-refractivity contribution in [2.75, 3.05) is 7.05 Å². The van der Waals surface area contributed by atoms with Crippen molar-refractivity contribution in [3.8, 4) is 0 Å². The Bertz CT molecular complexity index is 364. The first-order valence-corrected chi connectivity index (χ1v) is 6.29. The maximum atomic E-state index is 10.3. The Labute approximate surface area is 103 Å². The van der Waals surface area contributed by atoms with Crippen LogP contribution in [0.25, 0.3) is 0 Å². The van der Waals surface area contributed by atoms with Gasteiger partial charge >= 0.3 is 0 Å². The van der Waals surface area contributed by atoms with Gasteiger partial charge < -0.3 is 5.11 Å². The fourth-order valence-electron chi connectivity index (χ4n) is 2.67. The smallest absolute Gasteiger partial charge is 0.0746 e. The summed E-state index contributed by atoms with van der Waals surface area (Å²) >= 11 is 0. The fourth-order valence-corrected chi connectivity index (χ4v) is 2.67. The highest BCUT2D eigenvalue weighted by molar-refractivity contribution is 5.04. The predicted octanol–water partition coefficient (Wildman–Crippen LogP) is 2.06. The van der Waals surface area contributed by atoms with E-state index < -0.39 is 0 Å². The molecule has 1 aliphatic rings. The van der Waals surface area contributed by atoms with E-state index in [9.17, 15) is 5.11 Å². The van der Waals surface area contributed by atoms with Crippen molar-refractivity contribution in [1.82, 2.24) is 9.88 Å². The molecule has 0 bridgehead atoms. The minimum atomic E-state index is -0.240. The van der Waals surface area contributed by atoms with Crippen molar-refractivity contribution >= 4 is 0 Å². The van der Waals surface area contributed by atoms with Gasteiger partial charge in [0, 0.05) is 18.8 Å². The number of hydrogen-bond donors (Lipinski definition) is 1. The van der Waals surface area contributed by atoms with Crippen LogP contribution in [0.4, 0.5) is 0 Å². The monoisotopic (exact) mass is 234 g/mol. The molecule has 0 radical (unpaired) electrons. The standard InChI is InChI=1S/C14H22N2O/c1-14(2)8-7-12(13(14)17)16(3)10-11-6-4-5-9-15-11/h4-6,9,12-13,17H,7-8,10H2,1-3H3. The molecule has 0 spiro atoms. The second kappa shape index (κ2) is 4.75. The Morgan fingerprint density at radius 1 is 1.47 bits per heavy atom. The van der Waals surface area contributed by atoms with E-state index in [1.807, 2.05) is 24.4 Å². The van der Waals surface area contributed by atoms with Gasteiger partial charge in [0.15, 0.2) is 0 Å². The number of rotatable bonds is 3. The molecule has 0 aromatic carbocycles. The fraction of sp³-hybridized carbons (Fsp3) is 0.643. The zero-order valence-electron chi connectivity index (χ0n) is 10.9. The van der Waals surface area contributed by atoms with Crippen LogP contribution in [0, 0.1) is 5.41 Å². The topological polar surface area (TPSA) is 36.4 Å². The third kappa shape index (κ3) is 2.67. The Morgan fingerprint density at radius 3 is 2.76 bits per heavy atom. The highest BCUT2D eigenvalue weighted by Gasteiger charge is 2.42. The molecule has 1 fully saturated rings. The Kier molecular flexibility index (Phi) is 3.50. The van der Waals surface area contributed by atoms with Crippen LogP contribution in [-0.2, 0) is 6.54 Å².